The molecule has 1 aliphatic heterocycles. The molecule has 0 aromatic heterocycles. The van der Waals surface area contributed by atoms with Crippen molar-refractivity contribution in [2.45, 2.75) is 38.6 Å². The van der Waals surface area contributed by atoms with Crippen LogP contribution in [0.15, 0.2) is 24.3 Å². The van der Waals surface area contributed by atoms with Crippen molar-refractivity contribution in [2.75, 3.05) is 29.9 Å². The van der Waals surface area contributed by atoms with E-state index in [0.29, 0.717) is 12.6 Å². The van der Waals surface area contributed by atoms with Crippen molar-refractivity contribution < 1.29 is 4.79 Å². The first kappa shape index (κ1) is 16.9. The van der Waals surface area contributed by atoms with Gasteiger partial charge >= 0.3 is 0 Å². The predicted molar refractivity (Wildman–Crippen MR) is 94.0 cm³/mol. The van der Waals surface area contributed by atoms with Crippen molar-refractivity contribution in [1.29, 1.82) is 0 Å². The molecule has 3 rings (SSSR count). The van der Waals surface area contributed by atoms with Gasteiger partial charge in [0.1, 0.15) is 0 Å². The van der Waals surface area contributed by atoms with Crippen LogP contribution in [0.4, 0.5) is 11.4 Å². The molecular weight excluding hydrogens is 298 g/mol. The van der Waals surface area contributed by atoms with Crippen LogP contribution in [0, 0.1) is 5.92 Å². The van der Waals surface area contributed by atoms with E-state index in [1.807, 2.05) is 12.1 Å². The summed E-state index contributed by atoms with van der Waals surface area (Å²) in [4.78, 5) is 14.5. The van der Waals surface area contributed by atoms with Crippen LogP contribution in [0.1, 0.15) is 32.6 Å². The molecule has 0 atom stereocenters. The van der Waals surface area contributed by atoms with Crippen molar-refractivity contribution in [3.63, 3.8) is 0 Å². The normalized spacial score (nSPS) is 23.8. The number of rotatable bonds is 3. The average molecular weight is 324 g/mol. The molecule has 2 aliphatic rings. The third-order valence-corrected chi connectivity index (χ3v) is 4.66. The zero-order valence-corrected chi connectivity index (χ0v) is 14.0. The number of hydrogen-bond donors (Lipinski definition) is 2. The molecular formula is C17H26ClN3O. The van der Waals surface area contributed by atoms with E-state index in [-0.39, 0.29) is 18.3 Å². The van der Waals surface area contributed by atoms with Gasteiger partial charge in [-0.15, -0.1) is 12.4 Å². The number of hydrogen-bond acceptors (Lipinski definition) is 3. The summed E-state index contributed by atoms with van der Waals surface area (Å²) in [7, 11) is 0. The molecule has 1 amide bonds. The van der Waals surface area contributed by atoms with Crippen LogP contribution in [0.25, 0.3) is 0 Å². The SMILES string of the molecule is CC1CCC(NC(=O)CN2CCNc3ccccc32)CC1.Cl. The summed E-state index contributed by atoms with van der Waals surface area (Å²) >= 11 is 0. The van der Waals surface area contributed by atoms with Crippen LogP contribution >= 0.6 is 12.4 Å². The highest BCUT2D eigenvalue weighted by Gasteiger charge is 2.22. The molecule has 5 heteroatoms. The summed E-state index contributed by atoms with van der Waals surface area (Å²) in [6.45, 7) is 4.54. The highest BCUT2D eigenvalue weighted by Crippen LogP contribution is 2.28. The number of nitrogens with one attached hydrogen (secondary N) is 2. The van der Waals surface area contributed by atoms with Crippen molar-refractivity contribution in [1.82, 2.24) is 5.32 Å². The second-order valence-electron chi connectivity index (χ2n) is 6.39. The molecule has 4 nitrogen and oxygen atoms in total. The quantitative estimate of drug-likeness (QED) is 0.898. The summed E-state index contributed by atoms with van der Waals surface area (Å²) in [5, 5.41) is 6.60. The van der Waals surface area contributed by atoms with Crippen molar-refractivity contribution in [3.8, 4) is 0 Å². The summed E-state index contributed by atoms with van der Waals surface area (Å²) in [6, 6.07) is 8.59. The van der Waals surface area contributed by atoms with E-state index < -0.39 is 0 Å². The van der Waals surface area contributed by atoms with E-state index in [1.54, 1.807) is 0 Å². The lowest BCUT2D eigenvalue weighted by Crippen LogP contribution is -2.45. The Bertz CT molecular complexity index is 500. The fraction of sp³-hybridized carbons (Fsp3) is 0.588. The lowest BCUT2D eigenvalue weighted by molar-refractivity contribution is -0.120. The standard InChI is InChI=1S/C17H25N3O.ClH/c1-13-6-8-14(9-7-13)19-17(21)12-20-11-10-18-15-4-2-3-5-16(15)20;/h2-5,13-14,18H,6-12H2,1H3,(H,19,21);1H. The van der Waals surface area contributed by atoms with Gasteiger partial charge in [0, 0.05) is 19.1 Å². The Hall–Kier alpha value is -1.42. The first-order valence-electron chi connectivity index (χ1n) is 8.09. The van der Waals surface area contributed by atoms with Crippen LogP contribution in [0.5, 0.6) is 0 Å². The molecule has 1 fully saturated rings. The number of carbonyl (C=O) groups is 1. The predicted octanol–water partition coefficient (Wildman–Crippen LogP) is 3.04. The number of benzene rings is 1. The number of halogens is 1. The highest BCUT2D eigenvalue weighted by molar-refractivity contribution is 5.85. The molecule has 2 N–H and O–H groups in total. The molecule has 1 aromatic carbocycles. The van der Waals surface area contributed by atoms with Gasteiger partial charge in [0.25, 0.3) is 0 Å². The van der Waals surface area contributed by atoms with E-state index in [1.165, 1.54) is 12.8 Å². The van der Waals surface area contributed by atoms with Crippen LogP contribution < -0.4 is 15.5 Å². The second-order valence-corrected chi connectivity index (χ2v) is 6.39. The number of fused-ring (bicyclic) bond motifs is 1. The number of nitrogens with zero attached hydrogens (tertiary/aromatic N) is 1. The lowest BCUT2D eigenvalue weighted by Gasteiger charge is -2.32. The number of anilines is 2. The second kappa shape index (κ2) is 7.73. The minimum atomic E-state index is 0. The van der Waals surface area contributed by atoms with Gasteiger partial charge in [0.2, 0.25) is 5.91 Å². The largest absolute Gasteiger partial charge is 0.382 e. The third kappa shape index (κ3) is 4.07. The fourth-order valence-electron chi connectivity index (χ4n) is 3.36. The average Bonchev–Trinajstić information content (AvgIpc) is 2.50. The summed E-state index contributed by atoms with van der Waals surface area (Å²) in [6.07, 6.45) is 4.74. The van der Waals surface area contributed by atoms with Crippen molar-refractivity contribution in [3.05, 3.63) is 24.3 Å². The van der Waals surface area contributed by atoms with Gasteiger partial charge in [0.15, 0.2) is 0 Å². The van der Waals surface area contributed by atoms with Gasteiger partial charge in [-0.05, 0) is 43.7 Å². The molecule has 0 bridgehead atoms. The Labute approximate surface area is 139 Å². The molecule has 1 aromatic rings. The van der Waals surface area contributed by atoms with Gasteiger partial charge < -0.3 is 15.5 Å². The maximum absolute atomic E-state index is 12.3. The van der Waals surface area contributed by atoms with E-state index in [2.05, 4.69) is 34.6 Å². The first-order valence-corrected chi connectivity index (χ1v) is 8.09. The maximum atomic E-state index is 12.3. The molecule has 0 radical (unpaired) electrons. The number of amides is 1. The number of para-hydroxylation sites is 2. The van der Waals surface area contributed by atoms with Gasteiger partial charge in [-0.3, -0.25) is 4.79 Å². The van der Waals surface area contributed by atoms with Gasteiger partial charge in [0.05, 0.1) is 17.9 Å². The smallest absolute Gasteiger partial charge is 0.239 e. The Morgan fingerprint density at radius 1 is 1.27 bits per heavy atom. The van der Waals surface area contributed by atoms with Gasteiger partial charge in [-0.2, -0.15) is 0 Å². The van der Waals surface area contributed by atoms with Crippen LogP contribution in [0.2, 0.25) is 0 Å². The molecule has 122 valence electrons. The Kier molecular flexibility index (Phi) is 5.95. The molecule has 1 saturated carbocycles. The van der Waals surface area contributed by atoms with E-state index >= 15 is 0 Å². The molecule has 0 spiro atoms. The van der Waals surface area contributed by atoms with Gasteiger partial charge in [-0.25, -0.2) is 0 Å². The van der Waals surface area contributed by atoms with Crippen LogP contribution in [-0.2, 0) is 4.79 Å². The number of carbonyl (C=O) groups excluding carboxylic acids is 1. The highest BCUT2D eigenvalue weighted by atomic mass is 35.5. The Balaban J connectivity index is 0.00000176. The zero-order valence-electron chi connectivity index (χ0n) is 13.2. The molecule has 0 saturated heterocycles. The molecule has 0 unspecified atom stereocenters. The Morgan fingerprint density at radius 3 is 2.77 bits per heavy atom. The summed E-state index contributed by atoms with van der Waals surface area (Å²) in [5.41, 5.74) is 2.26. The van der Waals surface area contributed by atoms with E-state index in [0.717, 1.165) is 43.2 Å². The molecule has 1 aliphatic carbocycles. The molecule has 1 heterocycles. The third-order valence-electron chi connectivity index (χ3n) is 4.66. The lowest BCUT2D eigenvalue weighted by atomic mass is 9.87. The zero-order chi connectivity index (χ0) is 14.7. The first-order chi connectivity index (χ1) is 10.2. The summed E-state index contributed by atoms with van der Waals surface area (Å²) < 4.78 is 0. The fourth-order valence-corrected chi connectivity index (χ4v) is 3.36. The van der Waals surface area contributed by atoms with Crippen molar-refractivity contribution >= 4 is 29.7 Å². The van der Waals surface area contributed by atoms with E-state index in [4.69, 9.17) is 0 Å². The minimum Gasteiger partial charge on any atom is -0.382 e. The van der Waals surface area contributed by atoms with Crippen LogP contribution in [-0.4, -0.2) is 31.6 Å². The maximum Gasteiger partial charge on any atom is 0.239 e. The Morgan fingerprint density at radius 2 is 2.00 bits per heavy atom. The topological polar surface area (TPSA) is 44.4 Å². The van der Waals surface area contributed by atoms with Gasteiger partial charge in [-0.1, -0.05) is 19.1 Å². The van der Waals surface area contributed by atoms with Crippen molar-refractivity contribution in [2.24, 2.45) is 5.92 Å². The molecule has 22 heavy (non-hydrogen) atoms. The summed E-state index contributed by atoms with van der Waals surface area (Å²) in [5.74, 6) is 0.976. The minimum absolute atomic E-state index is 0. The van der Waals surface area contributed by atoms with Crippen LogP contribution in [0.3, 0.4) is 0 Å². The van der Waals surface area contributed by atoms with E-state index in [9.17, 15) is 4.79 Å². The monoisotopic (exact) mass is 323 g/mol.